The van der Waals surface area contributed by atoms with Crippen molar-refractivity contribution in [1.29, 1.82) is 0 Å². The molecule has 0 fully saturated rings. The summed E-state index contributed by atoms with van der Waals surface area (Å²) in [5.74, 6) is 0.716. The summed E-state index contributed by atoms with van der Waals surface area (Å²) in [6, 6.07) is 10.1. The number of benzene rings is 1. The van der Waals surface area contributed by atoms with Crippen molar-refractivity contribution >= 4 is 28.4 Å². The maximum atomic E-state index is 5.06. The van der Waals surface area contributed by atoms with Crippen LogP contribution in [0, 0.1) is 0 Å². The van der Waals surface area contributed by atoms with Gasteiger partial charge in [0.05, 0.1) is 0 Å². The fraction of sp³-hybridized carbons (Fsp3) is 0.154. The summed E-state index contributed by atoms with van der Waals surface area (Å²) in [6.07, 6.45) is 4.01. The van der Waals surface area contributed by atoms with Crippen LogP contribution in [0.2, 0.25) is 0 Å². The van der Waals surface area contributed by atoms with Crippen molar-refractivity contribution in [3.63, 3.8) is 0 Å². The number of rotatable bonds is 4. The molecule has 0 N–H and O–H groups in total. The Bertz CT molecular complexity index is 702. The number of aromatic nitrogens is 4. The zero-order valence-electron chi connectivity index (χ0n) is 10.4. The molecule has 19 heavy (non-hydrogen) atoms. The van der Waals surface area contributed by atoms with Gasteiger partial charge in [-0.05, 0) is 11.6 Å². The first-order chi connectivity index (χ1) is 9.36. The third-order valence-electron chi connectivity index (χ3n) is 2.56. The first kappa shape index (κ1) is 12.0. The highest BCUT2D eigenvalue weighted by Crippen LogP contribution is 2.16. The van der Waals surface area contributed by atoms with Gasteiger partial charge >= 0.3 is 0 Å². The Labute approximate surface area is 114 Å². The van der Waals surface area contributed by atoms with E-state index in [0.29, 0.717) is 12.4 Å². The van der Waals surface area contributed by atoms with Crippen molar-refractivity contribution in [2.75, 3.05) is 7.11 Å². The van der Waals surface area contributed by atoms with Crippen LogP contribution in [0.25, 0.3) is 17.1 Å². The number of hydrogen-bond donors (Lipinski definition) is 0. The molecule has 0 aliphatic rings. The number of methoxy groups -OCH3 is 1. The van der Waals surface area contributed by atoms with E-state index in [0.717, 1.165) is 15.5 Å². The van der Waals surface area contributed by atoms with Crippen LogP contribution in [-0.2, 0) is 11.3 Å². The van der Waals surface area contributed by atoms with E-state index in [1.54, 1.807) is 11.6 Å². The summed E-state index contributed by atoms with van der Waals surface area (Å²) >= 11 is 1.50. The lowest BCUT2D eigenvalue weighted by atomic mass is 10.2. The third-order valence-corrected chi connectivity index (χ3v) is 3.43. The van der Waals surface area contributed by atoms with Gasteiger partial charge in [-0.25, -0.2) is 0 Å². The molecule has 6 heteroatoms. The fourth-order valence-electron chi connectivity index (χ4n) is 1.69. The Morgan fingerprint density at radius 3 is 2.84 bits per heavy atom. The van der Waals surface area contributed by atoms with E-state index in [9.17, 15) is 0 Å². The second-order valence-corrected chi connectivity index (χ2v) is 4.92. The quantitative estimate of drug-likeness (QED) is 0.732. The molecule has 0 radical (unpaired) electrons. The van der Waals surface area contributed by atoms with Crippen molar-refractivity contribution < 1.29 is 4.74 Å². The van der Waals surface area contributed by atoms with E-state index in [2.05, 4.69) is 15.3 Å². The normalized spacial score (nSPS) is 11.6. The molecule has 1 aromatic carbocycles. The van der Waals surface area contributed by atoms with Gasteiger partial charge in [0.2, 0.25) is 4.96 Å². The first-order valence-electron chi connectivity index (χ1n) is 5.80. The van der Waals surface area contributed by atoms with Gasteiger partial charge in [-0.15, -0.1) is 10.2 Å². The molecule has 2 heterocycles. The van der Waals surface area contributed by atoms with Crippen molar-refractivity contribution in [2.45, 2.75) is 6.61 Å². The molecule has 0 bridgehead atoms. The minimum Gasteiger partial charge on any atom is -0.377 e. The van der Waals surface area contributed by atoms with Crippen molar-refractivity contribution in [3.8, 4) is 0 Å². The molecule has 5 nitrogen and oxygen atoms in total. The van der Waals surface area contributed by atoms with Crippen LogP contribution in [0.4, 0.5) is 0 Å². The molecular weight excluding hydrogens is 260 g/mol. The fourth-order valence-corrected chi connectivity index (χ4v) is 2.45. The van der Waals surface area contributed by atoms with Crippen LogP contribution in [-0.4, -0.2) is 26.9 Å². The highest BCUT2D eigenvalue weighted by atomic mass is 32.1. The first-order valence-corrected chi connectivity index (χ1v) is 6.61. The third kappa shape index (κ3) is 2.54. The molecule has 0 spiro atoms. The van der Waals surface area contributed by atoms with Crippen LogP contribution in [0.15, 0.2) is 30.3 Å². The average molecular weight is 272 g/mol. The van der Waals surface area contributed by atoms with Crippen molar-refractivity contribution in [3.05, 3.63) is 46.7 Å². The Kier molecular flexibility index (Phi) is 3.35. The Hall–Kier alpha value is -2.05. The van der Waals surface area contributed by atoms with Gasteiger partial charge in [0.25, 0.3) is 0 Å². The lowest BCUT2D eigenvalue weighted by Gasteiger charge is -1.92. The number of fused-ring (bicyclic) bond motifs is 1. The molecule has 0 aliphatic heterocycles. The minimum atomic E-state index is 0.409. The van der Waals surface area contributed by atoms with Crippen LogP contribution in [0.5, 0.6) is 0 Å². The SMILES string of the molecule is COCc1nnc2sc(/C=C/c3ccccc3)nn12. The highest BCUT2D eigenvalue weighted by Gasteiger charge is 2.09. The molecule has 0 unspecified atom stereocenters. The van der Waals surface area contributed by atoms with Crippen LogP contribution < -0.4 is 0 Å². The monoisotopic (exact) mass is 272 g/mol. The molecule has 3 rings (SSSR count). The van der Waals surface area contributed by atoms with E-state index >= 15 is 0 Å². The lowest BCUT2D eigenvalue weighted by Crippen LogP contribution is -1.97. The molecule has 0 saturated heterocycles. The number of nitrogens with zero attached hydrogens (tertiary/aromatic N) is 4. The molecule has 2 aromatic heterocycles. The largest absolute Gasteiger partial charge is 0.377 e. The summed E-state index contributed by atoms with van der Waals surface area (Å²) < 4.78 is 6.78. The van der Waals surface area contributed by atoms with Gasteiger partial charge in [0.1, 0.15) is 11.6 Å². The zero-order valence-corrected chi connectivity index (χ0v) is 11.2. The number of ether oxygens (including phenoxy) is 1. The van der Waals surface area contributed by atoms with Crippen LogP contribution in [0.1, 0.15) is 16.4 Å². The lowest BCUT2D eigenvalue weighted by molar-refractivity contribution is 0.176. The maximum absolute atomic E-state index is 5.06. The summed E-state index contributed by atoms with van der Waals surface area (Å²) in [4.78, 5) is 0.778. The molecule has 0 aliphatic carbocycles. The van der Waals surface area contributed by atoms with Gasteiger partial charge in [-0.3, -0.25) is 0 Å². The Morgan fingerprint density at radius 1 is 1.21 bits per heavy atom. The van der Waals surface area contributed by atoms with E-state index in [4.69, 9.17) is 4.74 Å². The molecule has 3 aromatic rings. The van der Waals surface area contributed by atoms with Gasteiger partial charge in [0.15, 0.2) is 5.82 Å². The number of hydrogen-bond acceptors (Lipinski definition) is 5. The second-order valence-electron chi connectivity index (χ2n) is 3.93. The molecule has 0 amide bonds. The van der Waals surface area contributed by atoms with Crippen LogP contribution >= 0.6 is 11.3 Å². The van der Waals surface area contributed by atoms with Crippen molar-refractivity contribution in [1.82, 2.24) is 19.8 Å². The summed E-state index contributed by atoms with van der Waals surface area (Å²) in [6.45, 7) is 0.409. The maximum Gasteiger partial charge on any atom is 0.235 e. The van der Waals surface area contributed by atoms with Gasteiger partial charge < -0.3 is 4.74 Å². The molecule has 0 saturated carbocycles. The summed E-state index contributed by atoms with van der Waals surface area (Å²) in [7, 11) is 1.63. The van der Waals surface area contributed by atoms with Gasteiger partial charge in [-0.1, -0.05) is 47.7 Å². The van der Waals surface area contributed by atoms with Gasteiger partial charge in [0, 0.05) is 7.11 Å². The predicted molar refractivity (Wildman–Crippen MR) is 74.7 cm³/mol. The molecule has 96 valence electrons. The summed E-state index contributed by atoms with van der Waals surface area (Å²) in [5.41, 5.74) is 1.14. The predicted octanol–water partition coefficient (Wildman–Crippen LogP) is 2.50. The molecule has 0 atom stereocenters. The Morgan fingerprint density at radius 2 is 2.05 bits per heavy atom. The topological polar surface area (TPSA) is 52.3 Å². The van der Waals surface area contributed by atoms with Crippen LogP contribution in [0.3, 0.4) is 0 Å². The van der Waals surface area contributed by atoms with Crippen molar-refractivity contribution in [2.24, 2.45) is 0 Å². The average Bonchev–Trinajstić information content (AvgIpc) is 3.00. The Balaban J connectivity index is 1.87. The van der Waals surface area contributed by atoms with E-state index in [1.165, 1.54) is 11.3 Å². The summed E-state index contributed by atoms with van der Waals surface area (Å²) in [5, 5.41) is 13.4. The van der Waals surface area contributed by atoms with E-state index in [-0.39, 0.29) is 0 Å². The van der Waals surface area contributed by atoms with E-state index < -0.39 is 0 Å². The minimum absolute atomic E-state index is 0.409. The second kappa shape index (κ2) is 5.29. The highest BCUT2D eigenvalue weighted by molar-refractivity contribution is 7.17. The standard InChI is InChI=1S/C13H12N4OS/c1-18-9-11-14-15-13-17(11)16-12(19-13)8-7-10-5-3-2-4-6-10/h2-8H,9H2,1H3/b8-7+. The van der Waals surface area contributed by atoms with E-state index in [1.807, 2.05) is 42.5 Å². The smallest absolute Gasteiger partial charge is 0.235 e. The van der Waals surface area contributed by atoms with Gasteiger partial charge in [-0.2, -0.15) is 9.61 Å². The zero-order chi connectivity index (χ0) is 13.1. The molecular formula is C13H12N4OS.